The van der Waals surface area contributed by atoms with Crippen molar-refractivity contribution in [2.75, 3.05) is 30.0 Å². The predicted octanol–water partition coefficient (Wildman–Crippen LogP) is 0.775. The average molecular weight is 262 g/mol. The zero-order valence-corrected chi connectivity index (χ0v) is 10.3. The van der Waals surface area contributed by atoms with Crippen molar-refractivity contribution in [1.29, 1.82) is 0 Å². The molecule has 0 spiro atoms. The molecule has 0 aliphatic rings. The lowest BCUT2D eigenvalue weighted by Crippen LogP contribution is -2.30. The molecule has 90 valence electrons. The van der Waals surface area contributed by atoms with Gasteiger partial charge in [0.1, 0.15) is 5.51 Å². The Bertz CT molecular complexity index is 294. The van der Waals surface area contributed by atoms with Crippen LogP contribution in [0.15, 0.2) is 5.51 Å². The van der Waals surface area contributed by atoms with Gasteiger partial charge in [-0.05, 0) is 12.2 Å². The van der Waals surface area contributed by atoms with Crippen molar-refractivity contribution >= 4 is 34.3 Å². The first-order chi connectivity index (χ1) is 7.83. The number of carbonyl (C=O) groups excluding carboxylic acids is 1. The van der Waals surface area contributed by atoms with Crippen LogP contribution in [0.2, 0.25) is 0 Å². The molecule has 0 unspecified atom stereocenters. The molecule has 0 bridgehead atoms. The summed E-state index contributed by atoms with van der Waals surface area (Å²) in [6.45, 7) is 0.818. The Kier molecular flexibility index (Phi) is 6.86. The van der Waals surface area contributed by atoms with E-state index in [-0.39, 0.29) is 12.6 Å². The van der Waals surface area contributed by atoms with Crippen molar-refractivity contribution in [3.8, 4) is 0 Å². The van der Waals surface area contributed by atoms with Crippen molar-refractivity contribution in [1.82, 2.24) is 15.5 Å². The summed E-state index contributed by atoms with van der Waals surface area (Å²) in [4.78, 5) is 11.3. The van der Waals surface area contributed by atoms with E-state index in [1.807, 2.05) is 0 Å². The van der Waals surface area contributed by atoms with E-state index in [9.17, 15) is 4.79 Å². The summed E-state index contributed by atoms with van der Waals surface area (Å²) in [5.41, 5.74) is 1.56. The lowest BCUT2D eigenvalue weighted by molar-refractivity contribution is 0.252. The molecule has 0 aliphatic carbocycles. The SMILES string of the molecule is O=C(NCCSCCCO)Nc1nncs1. The number of urea groups is 1. The number of thioether (sulfide) groups is 1. The van der Waals surface area contributed by atoms with Gasteiger partial charge in [0, 0.05) is 18.9 Å². The third-order valence-electron chi connectivity index (χ3n) is 1.56. The van der Waals surface area contributed by atoms with Gasteiger partial charge in [0.15, 0.2) is 0 Å². The van der Waals surface area contributed by atoms with Crippen molar-refractivity contribution in [2.24, 2.45) is 0 Å². The molecule has 1 heterocycles. The number of hydrogen-bond acceptors (Lipinski definition) is 6. The standard InChI is InChI=1S/C8H14N4O2S2/c13-3-1-4-15-5-2-9-7(14)11-8-12-10-6-16-8/h6,13H,1-5H2,(H2,9,11,12,14). The monoisotopic (exact) mass is 262 g/mol. The van der Waals surface area contributed by atoms with Gasteiger partial charge in [-0.25, -0.2) is 4.79 Å². The van der Waals surface area contributed by atoms with Gasteiger partial charge in [-0.15, -0.1) is 10.2 Å². The Balaban J connectivity index is 1.98. The van der Waals surface area contributed by atoms with Gasteiger partial charge >= 0.3 is 6.03 Å². The lowest BCUT2D eigenvalue weighted by Gasteiger charge is -2.04. The zero-order valence-electron chi connectivity index (χ0n) is 8.68. The zero-order chi connectivity index (χ0) is 11.6. The maximum atomic E-state index is 11.3. The molecule has 16 heavy (non-hydrogen) atoms. The molecule has 0 saturated heterocycles. The molecule has 8 heteroatoms. The van der Waals surface area contributed by atoms with Crippen LogP contribution < -0.4 is 10.6 Å². The predicted molar refractivity (Wildman–Crippen MR) is 66.0 cm³/mol. The molecule has 3 N–H and O–H groups in total. The molecule has 0 saturated carbocycles. The maximum Gasteiger partial charge on any atom is 0.321 e. The fraction of sp³-hybridized carbons (Fsp3) is 0.625. The molecular weight excluding hydrogens is 248 g/mol. The van der Waals surface area contributed by atoms with Crippen molar-refractivity contribution < 1.29 is 9.90 Å². The Morgan fingerprint density at radius 3 is 3.12 bits per heavy atom. The first-order valence-electron chi connectivity index (χ1n) is 4.82. The topological polar surface area (TPSA) is 87.1 Å². The number of aromatic nitrogens is 2. The van der Waals surface area contributed by atoms with Crippen molar-refractivity contribution in [2.45, 2.75) is 6.42 Å². The molecule has 0 aromatic carbocycles. The van der Waals surface area contributed by atoms with Crippen molar-refractivity contribution in [3.63, 3.8) is 0 Å². The molecule has 1 aromatic heterocycles. The maximum absolute atomic E-state index is 11.3. The molecule has 6 nitrogen and oxygen atoms in total. The summed E-state index contributed by atoms with van der Waals surface area (Å²) in [7, 11) is 0. The lowest BCUT2D eigenvalue weighted by atomic mass is 10.5. The number of anilines is 1. The summed E-state index contributed by atoms with van der Waals surface area (Å²) < 4.78 is 0. The Labute approximate surface area is 102 Å². The molecule has 0 aliphatic heterocycles. The van der Waals surface area contributed by atoms with Crippen LogP contribution in [0.5, 0.6) is 0 Å². The highest BCUT2D eigenvalue weighted by atomic mass is 32.2. The minimum Gasteiger partial charge on any atom is -0.396 e. The summed E-state index contributed by atoms with van der Waals surface area (Å²) in [6.07, 6.45) is 0.793. The average Bonchev–Trinajstić information content (AvgIpc) is 2.76. The normalized spacial score (nSPS) is 10.1. The minimum atomic E-state index is -0.264. The molecule has 0 atom stereocenters. The van der Waals surface area contributed by atoms with Crippen LogP contribution in [0.25, 0.3) is 0 Å². The van der Waals surface area contributed by atoms with E-state index >= 15 is 0 Å². The molecular formula is C8H14N4O2S2. The van der Waals surface area contributed by atoms with Gasteiger partial charge < -0.3 is 10.4 Å². The highest BCUT2D eigenvalue weighted by Gasteiger charge is 2.02. The molecule has 2 amide bonds. The van der Waals surface area contributed by atoms with Gasteiger partial charge in [-0.3, -0.25) is 5.32 Å². The van der Waals surface area contributed by atoms with E-state index < -0.39 is 0 Å². The quantitative estimate of drug-likeness (QED) is 0.632. The van der Waals surface area contributed by atoms with E-state index in [1.165, 1.54) is 11.3 Å². The number of carbonyl (C=O) groups is 1. The van der Waals surface area contributed by atoms with E-state index in [0.29, 0.717) is 11.7 Å². The van der Waals surface area contributed by atoms with Gasteiger partial charge in [0.05, 0.1) is 0 Å². The number of rotatable bonds is 7. The van der Waals surface area contributed by atoms with Crippen LogP contribution >= 0.6 is 23.1 Å². The summed E-state index contributed by atoms with van der Waals surface area (Å²) in [5.74, 6) is 1.75. The second-order valence-corrected chi connectivity index (χ2v) is 4.87. The van der Waals surface area contributed by atoms with Crippen LogP contribution in [0.3, 0.4) is 0 Å². The second kappa shape index (κ2) is 8.31. The van der Waals surface area contributed by atoms with E-state index in [0.717, 1.165) is 17.9 Å². The Morgan fingerprint density at radius 1 is 1.56 bits per heavy atom. The Hall–Kier alpha value is -0.860. The third-order valence-corrected chi connectivity index (χ3v) is 3.24. The minimum absolute atomic E-state index is 0.220. The van der Waals surface area contributed by atoms with Gasteiger partial charge in [-0.2, -0.15) is 11.8 Å². The van der Waals surface area contributed by atoms with E-state index in [2.05, 4.69) is 20.8 Å². The van der Waals surface area contributed by atoms with Crippen LogP contribution in [0.4, 0.5) is 9.93 Å². The Morgan fingerprint density at radius 2 is 2.44 bits per heavy atom. The number of aliphatic hydroxyl groups is 1. The summed E-state index contributed by atoms with van der Waals surface area (Å²) in [6, 6.07) is -0.264. The fourth-order valence-electron chi connectivity index (χ4n) is 0.874. The van der Waals surface area contributed by atoms with E-state index in [1.54, 1.807) is 17.3 Å². The van der Waals surface area contributed by atoms with Crippen LogP contribution in [0.1, 0.15) is 6.42 Å². The second-order valence-electron chi connectivity index (χ2n) is 2.81. The summed E-state index contributed by atoms with van der Waals surface area (Å²) >= 11 is 2.97. The van der Waals surface area contributed by atoms with Crippen LogP contribution in [0, 0.1) is 0 Å². The molecule has 1 rings (SSSR count). The number of hydrogen-bond donors (Lipinski definition) is 3. The number of aliphatic hydroxyl groups excluding tert-OH is 1. The number of amides is 2. The molecule has 0 fully saturated rings. The molecule has 0 radical (unpaired) electrons. The highest BCUT2D eigenvalue weighted by molar-refractivity contribution is 7.99. The van der Waals surface area contributed by atoms with E-state index in [4.69, 9.17) is 5.11 Å². The largest absolute Gasteiger partial charge is 0.396 e. The first kappa shape index (κ1) is 13.2. The first-order valence-corrected chi connectivity index (χ1v) is 6.86. The van der Waals surface area contributed by atoms with Gasteiger partial charge in [-0.1, -0.05) is 11.3 Å². The fourth-order valence-corrected chi connectivity index (χ4v) is 2.10. The van der Waals surface area contributed by atoms with Gasteiger partial charge in [0.2, 0.25) is 5.13 Å². The van der Waals surface area contributed by atoms with Crippen LogP contribution in [-0.2, 0) is 0 Å². The highest BCUT2D eigenvalue weighted by Crippen LogP contribution is 2.07. The number of nitrogens with one attached hydrogen (secondary N) is 2. The molecule has 1 aromatic rings. The smallest absolute Gasteiger partial charge is 0.321 e. The number of nitrogens with zero attached hydrogens (tertiary/aromatic N) is 2. The van der Waals surface area contributed by atoms with Gasteiger partial charge in [0.25, 0.3) is 0 Å². The third kappa shape index (κ3) is 5.89. The van der Waals surface area contributed by atoms with Crippen LogP contribution in [-0.4, -0.2) is 46.0 Å². The summed E-state index contributed by atoms with van der Waals surface area (Å²) in [5, 5.41) is 21.6. The van der Waals surface area contributed by atoms with Crippen molar-refractivity contribution in [3.05, 3.63) is 5.51 Å².